The molecule has 2 rings (SSSR count). The molecule has 0 aliphatic carbocycles. The Hall–Kier alpha value is -2.88. The zero-order chi connectivity index (χ0) is 16.3. The van der Waals surface area contributed by atoms with Crippen LogP contribution < -0.4 is 17.0 Å². The van der Waals surface area contributed by atoms with Crippen LogP contribution >= 0.6 is 0 Å². The molecule has 0 unspecified atom stereocenters. The number of carboxylic acid groups (broad SMARTS) is 1. The van der Waals surface area contributed by atoms with E-state index in [1.54, 1.807) is 0 Å². The fourth-order valence-corrected chi connectivity index (χ4v) is 2.08. The summed E-state index contributed by atoms with van der Waals surface area (Å²) in [6.07, 6.45) is 1.52. The van der Waals surface area contributed by atoms with E-state index >= 15 is 0 Å². The highest BCUT2D eigenvalue weighted by molar-refractivity contribution is 5.83. The zero-order valence-corrected chi connectivity index (χ0v) is 11.7. The van der Waals surface area contributed by atoms with Gasteiger partial charge < -0.3 is 26.0 Å². The van der Waals surface area contributed by atoms with Gasteiger partial charge in [0.15, 0.2) is 0 Å². The highest BCUT2D eigenvalue weighted by atomic mass is 16.4. The number of hydrogen-bond acceptors (Lipinski definition) is 6. The number of amides is 1. The molecule has 0 fully saturated rings. The number of nitrogens with one attached hydrogen (secondary N) is 1. The molecule has 118 valence electrons. The number of rotatable bonds is 6. The molecule has 0 aliphatic rings. The number of nitrogens with two attached hydrogens (primary N) is 2. The maximum atomic E-state index is 12.2. The van der Waals surface area contributed by atoms with Crippen molar-refractivity contribution < 1.29 is 14.7 Å². The van der Waals surface area contributed by atoms with Crippen molar-refractivity contribution >= 4 is 28.9 Å². The number of aliphatic carboxylic acids is 1. The third kappa shape index (κ3) is 3.23. The van der Waals surface area contributed by atoms with Gasteiger partial charge in [-0.3, -0.25) is 19.4 Å². The predicted molar refractivity (Wildman–Crippen MR) is 78.0 cm³/mol. The first-order chi connectivity index (χ1) is 10.4. The van der Waals surface area contributed by atoms with Gasteiger partial charge in [-0.25, -0.2) is 0 Å². The minimum absolute atomic E-state index is 0.0609. The summed E-state index contributed by atoms with van der Waals surface area (Å²) in [4.78, 5) is 42.1. The second-order valence-electron chi connectivity index (χ2n) is 4.63. The van der Waals surface area contributed by atoms with Crippen molar-refractivity contribution in [1.82, 2.24) is 19.4 Å². The first kappa shape index (κ1) is 15.5. The first-order valence-electron chi connectivity index (χ1n) is 6.46. The Morgan fingerprint density at radius 3 is 2.82 bits per heavy atom. The summed E-state index contributed by atoms with van der Waals surface area (Å²) in [5.41, 5.74) is 10.7. The van der Waals surface area contributed by atoms with Crippen LogP contribution in [-0.4, -0.2) is 56.1 Å². The average Bonchev–Trinajstić information content (AvgIpc) is 2.81. The lowest BCUT2D eigenvalue weighted by molar-refractivity contribution is -0.144. The third-order valence-corrected chi connectivity index (χ3v) is 3.03. The lowest BCUT2D eigenvalue weighted by Gasteiger charge is -2.20. The second kappa shape index (κ2) is 6.26. The molecule has 10 nitrogen and oxygen atoms in total. The van der Waals surface area contributed by atoms with Crippen LogP contribution in [0.5, 0.6) is 0 Å². The summed E-state index contributed by atoms with van der Waals surface area (Å²) in [7, 11) is 0. The maximum absolute atomic E-state index is 12.2. The Labute approximate surface area is 124 Å². The largest absolute Gasteiger partial charge is 0.480 e. The number of aromatic amines is 1. The molecule has 0 atom stereocenters. The summed E-state index contributed by atoms with van der Waals surface area (Å²) in [5, 5.41) is 9.11. The third-order valence-electron chi connectivity index (χ3n) is 3.03. The molecule has 22 heavy (non-hydrogen) atoms. The van der Waals surface area contributed by atoms with E-state index < -0.39 is 24.0 Å². The number of nitrogen functional groups attached to an aromatic ring is 1. The molecule has 0 aromatic carbocycles. The highest BCUT2D eigenvalue weighted by Gasteiger charge is 2.18. The van der Waals surface area contributed by atoms with Gasteiger partial charge in [0, 0.05) is 19.3 Å². The van der Waals surface area contributed by atoms with Crippen LogP contribution in [-0.2, 0) is 16.1 Å². The molecule has 10 heteroatoms. The van der Waals surface area contributed by atoms with E-state index in [9.17, 15) is 14.4 Å². The Balaban J connectivity index is 2.27. The monoisotopic (exact) mass is 308 g/mol. The standard InChI is InChI=1S/C12H16N6O4/c13-2-4-17(6-9(20)21)8(19)5-18-3-1-7-10(18)15-12(14)16-11(7)22/h1,3H,2,4-6,13H2,(H,20,21)(H3,14,15,16,22). The average molecular weight is 308 g/mol. The topological polar surface area (TPSA) is 160 Å². The van der Waals surface area contributed by atoms with Gasteiger partial charge in [-0.2, -0.15) is 4.98 Å². The van der Waals surface area contributed by atoms with Crippen molar-refractivity contribution in [1.29, 1.82) is 0 Å². The summed E-state index contributed by atoms with van der Waals surface area (Å²) in [5.74, 6) is -1.63. The van der Waals surface area contributed by atoms with Crippen LogP contribution in [0.2, 0.25) is 0 Å². The molecule has 0 saturated heterocycles. The van der Waals surface area contributed by atoms with Gasteiger partial charge in [0.25, 0.3) is 5.56 Å². The van der Waals surface area contributed by atoms with Gasteiger partial charge in [-0.15, -0.1) is 0 Å². The lowest BCUT2D eigenvalue weighted by atomic mass is 10.4. The molecule has 0 saturated carbocycles. The number of carbonyl (C=O) groups is 2. The summed E-state index contributed by atoms with van der Waals surface area (Å²) >= 11 is 0. The first-order valence-corrected chi connectivity index (χ1v) is 6.46. The molecule has 0 bridgehead atoms. The molecular formula is C12H16N6O4. The van der Waals surface area contributed by atoms with E-state index in [0.29, 0.717) is 5.39 Å². The van der Waals surface area contributed by atoms with Gasteiger partial charge in [0.2, 0.25) is 11.9 Å². The zero-order valence-electron chi connectivity index (χ0n) is 11.7. The van der Waals surface area contributed by atoms with Crippen molar-refractivity contribution in [2.24, 2.45) is 5.73 Å². The molecule has 2 heterocycles. The number of carbonyl (C=O) groups excluding carboxylic acids is 1. The molecule has 0 spiro atoms. The van der Waals surface area contributed by atoms with Crippen molar-refractivity contribution in [2.45, 2.75) is 6.54 Å². The number of anilines is 1. The fraction of sp³-hybridized carbons (Fsp3) is 0.333. The fourth-order valence-electron chi connectivity index (χ4n) is 2.08. The van der Waals surface area contributed by atoms with Crippen LogP contribution in [0.15, 0.2) is 17.1 Å². The van der Waals surface area contributed by atoms with Crippen LogP contribution in [0, 0.1) is 0 Å². The SMILES string of the molecule is NCCN(CC(=O)O)C(=O)Cn1ccc2c(=O)[nH]c(N)nc21. The number of hydrogen-bond donors (Lipinski definition) is 4. The molecular weight excluding hydrogens is 292 g/mol. The van der Waals surface area contributed by atoms with Gasteiger partial charge in [-0.1, -0.05) is 0 Å². The predicted octanol–water partition coefficient (Wildman–Crippen LogP) is -1.82. The molecule has 2 aromatic rings. The quantitative estimate of drug-likeness (QED) is 0.488. The van der Waals surface area contributed by atoms with E-state index in [1.807, 2.05) is 0 Å². The van der Waals surface area contributed by atoms with Crippen molar-refractivity contribution in [3.05, 3.63) is 22.6 Å². The molecule has 0 radical (unpaired) electrons. The summed E-state index contributed by atoms with van der Waals surface area (Å²) < 4.78 is 1.44. The Kier molecular flexibility index (Phi) is 4.41. The number of H-pyrrole nitrogens is 1. The van der Waals surface area contributed by atoms with E-state index in [0.717, 1.165) is 4.90 Å². The van der Waals surface area contributed by atoms with Crippen LogP contribution in [0.1, 0.15) is 0 Å². The van der Waals surface area contributed by atoms with Gasteiger partial charge in [-0.05, 0) is 6.07 Å². The molecule has 1 amide bonds. The molecule has 0 aliphatic heterocycles. The second-order valence-corrected chi connectivity index (χ2v) is 4.63. The number of nitrogens with zero attached hydrogens (tertiary/aromatic N) is 3. The van der Waals surface area contributed by atoms with Crippen molar-refractivity contribution in [3.63, 3.8) is 0 Å². The van der Waals surface area contributed by atoms with Crippen LogP contribution in [0.25, 0.3) is 11.0 Å². The van der Waals surface area contributed by atoms with Crippen molar-refractivity contribution in [2.75, 3.05) is 25.4 Å². The summed E-state index contributed by atoms with van der Waals surface area (Å²) in [6, 6.07) is 1.51. The van der Waals surface area contributed by atoms with Gasteiger partial charge >= 0.3 is 5.97 Å². The van der Waals surface area contributed by atoms with Crippen LogP contribution in [0.3, 0.4) is 0 Å². The van der Waals surface area contributed by atoms with Gasteiger partial charge in [0.05, 0.1) is 5.39 Å². The Morgan fingerprint density at radius 2 is 2.18 bits per heavy atom. The van der Waals surface area contributed by atoms with E-state index in [1.165, 1.54) is 16.8 Å². The molecule has 2 aromatic heterocycles. The Bertz CT molecular complexity index is 765. The minimum Gasteiger partial charge on any atom is -0.480 e. The minimum atomic E-state index is -1.13. The molecule has 6 N–H and O–H groups in total. The maximum Gasteiger partial charge on any atom is 0.323 e. The smallest absolute Gasteiger partial charge is 0.323 e. The van der Waals surface area contributed by atoms with E-state index in [-0.39, 0.29) is 31.2 Å². The Morgan fingerprint density at radius 1 is 1.45 bits per heavy atom. The lowest BCUT2D eigenvalue weighted by Crippen LogP contribution is -2.40. The normalized spacial score (nSPS) is 10.8. The number of aromatic nitrogens is 3. The van der Waals surface area contributed by atoms with Crippen LogP contribution in [0.4, 0.5) is 5.95 Å². The van der Waals surface area contributed by atoms with Gasteiger partial charge in [0.1, 0.15) is 18.7 Å². The number of carboxylic acids is 1. The number of fused-ring (bicyclic) bond motifs is 1. The van der Waals surface area contributed by atoms with E-state index in [4.69, 9.17) is 16.6 Å². The van der Waals surface area contributed by atoms with E-state index in [2.05, 4.69) is 9.97 Å². The summed E-state index contributed by atoms with van der Waals surface area (Å²) in [6.45, 7) is -0.325. The highest BCUT2D eigenvalue weighted by Crippen LogP contribution is 2.10. The van der Waals surface area contributed by atoms with Crippen molar-refractivity contribution in [3.8, 4) is 0 Å².